The average molecular weight is 148 g/mol. The first kappa shape index (κ1) is 9.31. The summed E-state index contributed by atoms with van der Waals surface area (Å²) in [7, 11) is 0. The number of thiol groups is 1. The van der Waals surface area contributed by atoms with E-state index in [4.69, 9.17) is 5.11 Å². The van der Waals surface area contributed by atoms with E-state index in [1.807, 2.05) is 6.92 Å². The van der Waals surface area contributed by atoms with E-state index in [1.54, 1.807) is 0 Å². The standard InChI is InChI=1S/C7H16OS/c1-7(8)5-3-2-4-6-9/h7-9H,2-6H2,1H3. The highest BCUT2D eigenvalue weighted by Gasteiger charge is 1.93. The summed E-state index contributed by atoms with van der Waals surface area (Å²) in [6.45, 7) is 1.83. The first-order valence-corrected chi connectivity index (χ1v) is 4.19. The predicted octanol–water partition coefficient (Wildman–Crippen LogP) is 1.86. The summed E-state index contributed by atoms with van der Waals surface area (Å²) in [5.41, 5.74) is 0. The second kappa shape index (κ2) is 6.43. The molecule has 0 rings (SSSR count). The molecule has 9 heavy (non-hydrogen) atoms. The predicted molar refractivity (Wildman–Crippen MR) is 44.0 cm³/mol. The van der Waals surface area contributed by atoms with E-state index in [0.717, 1.165) is 18.6 Å². The van der Waals surface area contributed by atoms with Gasteiger partial charge in [0.2, 0.25) is 0 Å². The van der Waals surface area contributed by atoms with Crippen molar-refractivity contribution >= 4 is 12.6 Å². The topological polar surface area (TPSA) is 20.2 Å². The third-order valence-electron chi connectivity index (χ3n) is 1.28. The Bertz CT molecular complexity index is 54.9. The summed E-state index contributed by atoms with van der Waals surface area (Å²) < 4.78 is 0. The van der Waals surface area contributed by atoms with Crippen LogP contribution in [0, 0.1) is 0 Å². The summed E-state index contributed by atoms with van der Waals surface area (Å²) in [6.07, 6.45) is 4.33. The molecule has 0 aromatic heterocycles. The van der Waals surface area contributed by atoms with Crippen LogP contribution in [0.4, 0.5) is 0 Å². The zero-order chi connectivity index (χ0) is 7.11. The zero-order valence-corrected chi connectivity index (χ0v) is 6.90. The van der Waals surface area contributed by atoms with Gasteiger partial charge in [0.25, 0.3) is 0 Å². The average Bonchev–Trinajstić information content (AvgIpc) is 1.80. The van der Waals surface area contributed by atoms with Crippen molar-refractivity contribution in [3.63, 3.8) is 0 Å². The second-order valence-electron chi connectivity index (χ2n) is 2.42. The molecule has 0 saturated heterocycles. The molecule has 1 nitrogen and oxygen atoms in total. The summed E-state index contributed by atoms with van der Waals surface area (Å²) in [6, 6.07) is 0. The molecule has 2 heteroatoms. The minimum atomic E-state index is -0.120. The van der Waals surface area contributed by atoms with Crippen LogP contribution in [0.25, 0.3) is 0 Å². The molecule has 56 valence electrons. The number of aliphatic hydroxyl groups is 1. The van der Waals surface area contributed by atoms with Crippen molar-refractivity contribution in [1.29, 1.82) is 0 Å². The molecule has 0 aliphatic carbocycles. The SMILES string of the molecule is CC(O)CCCCCS. The highest BCUT2D eigenvalue weighted by molar-refractivity contribution is 7.80. The number of aliphatic hydroxyl groups excluding tert-OH is 1. The molecular formula is C7H16OS. The van der Waals surface area contributed by atoms with Crippen molar-refractivity contribution in [1.82, 2.24) is 0 Å². The van der Waals surface area contributed by atoms with Crippen molar-refractivity contribution in [3.05, 3.63) is 0 Å². The first-order valence-electron chi connectivity index (χ1n) is 3.56. The largest absolute Gasteiger partial charge is 0.393 e. The van der Waals surface area contributed by atoms with Gasteiger partial charge in [0.05, 0.1) is 6.10 Å². The number of hydrogen-bond donors (Lipinski definition) is 2. The molecule has 0 saturated carbocycles. The maximum atomic E-state index is 8.83. The van der Waals surface area contributed by atoms with E-state index in [2.05, 4.69) is 12.6 Å². The van der Waals surface area contributed by atoms with Gasteiger partial charge in [0, 0.05) is 0 Å². The lowest BCUT2D eigenvalue weighted by Crippen LogP contribution is -1.98. The van der Waals surface area contributed by atoms with Crippen LogP contribution in [0.5, 0.6) is 0 Å². The van der Waals surface area contributed by atoms with E-state index in [0.29, 0.717) is 0 Å². The summed E-state index contributed by atoms with van der Waals surface area (Å²) in [4.78, 5) is 0. The fourth-order valence-corrected chi connectivity index (χ4v) is 0.952. The van der Waals surface area contributed by atoms with Gasteiger partial charge < -0.3 is 5.11 Å². The van der Waals surface area contributed by atoms with E-state index < -0.39 is 0 Å². The highest BCUT2D eigenvalue weighted by atomic mass is 32.1. The minimum Gasteiger partial charge on any atom is -0.393 e. The smallest absolute Gasteiger partial charge is 0.0512 e. The lowest BCUT2D eigenvalue weighted by atomic mass is 10.1. The Morgan fingerprint density at radius 1 is 1.33 bits per heavy atom. The van der Waals surface area contributed by atoms with E-state index >= 15 is 0 Å². The van der Waals surface area contributed by atoms with Gasteiger partial charge in [-0.3, -0.25) is 0 Å². The maximum Gasteiger partial charge on any atom is 0.0512 e. The fourth-order valence-electron chi connectivity index (χ4n) is 0.728. The Labute approximate surface area is 62.9 Å². The number of unbranched alkanes of at least 4 members (excludes halogenated alkanes) is 2. The molecule has 0 aliphatic heterocycles. The molecule has 0 amide bonds. The van der Waals surface area contributed by atoms with Crippen LogP contribution in [0.2, 0.25) is 0 Å². The van der Waals surface area contributed by atoms with Gasteiger partial charge in [0.15, 0.2) is 0 Å². The molecule has 0 heterocycles. The molecule has 0 aromatic rings. The normalized spacial score (nSPS) is 13.7. The Balaban J connectivity index is 2.75. The second-order valence-corrected chi connectivity index (χ2v) is 2.87. The van der Waals surface area contributed by atoms with Crippen molar-refractivity contribution in [2.45, 2.75) is 38.7 Å². The van der Waals surface area contributed by atoms with Crippen LogP contribution in [-0.2, 0) is 0 Å². The van der Waals surface area contributed by atoms with Crippen molar-refractivity contribution in [2.24, 2.45) is 0 Å². The molecule has 0 bridgehead atoms. The quantitative estimate of drug-likeness (QED) is 0.450. The molecule has 1 unspecified atom stereocenters. The molecule has 0 spiro atoms. The zero-order valence-electron chi connectivity index (χ0n) is 6.01. The molecular weight excluding hydrogens is 132 g/mol. The van der Waals surface area contributed by atoms with Crippen LogP contribution in [-0.4, -0.2) is 17.0 Å². The van der Waals surface area contributed by atoms with Gasteiger partial charge in [-0.2, -0.15) is 12.6 Å². The number of hydrogen-bond acceptors (Lipinski definition) is 2. The highest BCUT2D eigenvalue weighted by Crippen LogP contribution is 2.03. The minimum absolute atomic E-state index is 0.120. The van der Waals surface area contributed by atoms with E-state index in [1.165, 1.54) is 12.8 Å². The van der Waals surface area contributed by atoms with Gasteiger partial charge in [-0.25, -0.2) is 0 Å². The van der Waals surface area contributed by atoms with Crippen LogP contribution >= 0.6 is 12.6 Å². The molecule has 0 fully saturated rings. The monoisotopic (exact) mass is 148 g/mol. The summed E-state index contributed by atoms with van der Waals surface area (Å²) in [5.74, 6) is 0.972. The Morgan fingerprint density at radius 2 is 2.00 bits per heavy atom. The van der Waals surface area contributed by atoms with Crippen LogP contribution in [0.3, 0.4) is 0 Å². The molecule has 1 atom stereocenters. The molecule has 0 aliphatic rings. The summed E-state index contributed by atoms with van der Waals surface area (Å²) in [5, 5.41) is 8.83. The third kappa shape index (κ3) is 8.31. The Kier molecular flexibility index (Phi) is 6.65. The van der Waals surface area contributed by atoms with Crippen molar-refractivity contribution < 1.29 is 5.11 Å². The van der Waals surface area contributed by atoms with Gasteiger partial charge in [-0.05, 0) is 25.5 Å². The van der Waals surface area contributed by atoms with Crippen LogP contribution in [0.1, 0.15) is 32.6 Å². The molecule has 1 N–H and O–H groups in total. The van der Waals surface area contributed by atoms with Gasteiger partial charge in [-0.1, -0.05) is 12.8 Å². The Hall–Kier alpha value is 0.310. The fraction of sp³-hybridized carbons (Fsp3) is 1.00. The lowest BCUT2D eigenvalue weighted by Gasteiger charge is -2.01. The van der Waals surface area contributed by atoms with E-state index in [-0.39, 0.29) is 6.10 Å². The van der Waals surface area contributed by atoms with Gasteiger partial charge >= 0.3 is 0 Å². The maximum absolute atomic E-state index is 8.83. The van der Waals surface area contributed by atoms with Crippen molar-refractivity contribution in [3.8, 4) is 0 Å². The van der Waals surface area contributed by atoms with Crippen LogP contribution < -0.4 is 0 Å². The van der Waals surface area contributed by atoms with E-state index in [9.17, 15) is 0 Å². The van der Waals surface area contributed by atoms with Gasteiger partial charge in [0.1, 0.15) is 0 Å². The summed E-state index contributed by atoms with van der Waals surface area (Å²) >= 11 is 4.08. The number of rotatable bonds is 5. The molecule has 0 aromatic carbocycles. The molecule has 0 radical (unpaired) electrons. The van der Waals surface area contributed by atoms with Crippen LogP contribution in [0.15, 0.2) is 0 Å². The van der Waals surface area contributed by atoms with Gasteiger partial charge in [-0.15, -0.1) is 0 Å². The lowest BCUT2D eigenvalue weighted by molar-refractivity contribution is 0.180. The Morgan fingerprint density at radius 3 is 2.44 bits per heavy atom. The van der Waals surface area contributed by atoms with Crippen molar-refractivity contribution in [2.75, 3.05) is 5.75 Å². The third-order valence-corrected chi connectivity index (χ3v) is 1.60. The first-order chi connectivity index (χ1) is 4.27.